The molecule has 0 radical (unpaired) electrons. The van der Waals surface area contributed by atoms with E-state index in [4.69, 9.17) is 9.26 Å². The highest BCUT2D eigenvalue weighted by Gasteiger charge is 2.13. The van der Waals surface area contributed by atoms with Gasteiger partial charge in [-0.1, -0.05) is 23.4 Å². The largest absolute Gasteiger partial charge is 0.497 e. The number of aromatic nitrogens is 2. The van der Waals surface area contributed by atoms with Gasteiger partial charge in [-0.05, 0) is 30.3 Å². The number of amides is 1. The van der Waals surface area contributed by atoms with Crippen LogP contribution in [0.25, 0.3) is 11.4 Å². The van der Waals surface area contributed by atoms with E-state index in [9.17, 15) is 9.18 Å². The third-order valence-electron chi connectivity index (χ3n) is 3.31. The smallest absolute Gasteiger partial charge is 0.251 e. The summed E-state index contributed by atoms with van der Waals surface area (Å²) in [6, 6.07) is 12.9. The van der Waals surface area contributed by atoms with Crippen molar-refractivity contribution in [3.8, 4) is 17.1 Å². The molecule has 0 unspecified atom stereocenters. The summed E-state index contributed by atoms with van der Waals surface area (Å²) in [5, 5.41) is 6.39. The van der Waals surface area contributed by atoms with Crippen molar-refractivity contribution in [1.82, 2.24) is 15.5 Å². The molecule has 0 aliphatic rings. The van der Waals surface area contributed by atoms with Crippen molar-refractivity contribution in [1.29, 1.82) is 0 Å². The Morgan fingerprint density at radius 2 is 2.08 bits per heavy atom. The van der Waals surface area contributed by atoms with Gasteiger partial charge in [0.25, 0.3) is 5.91 Å². The van der Waals surface area contributed by atoms with E-state index in [1.165, 1.54) is 13.2 Å². The molecule has 3 aromatic rings. The SMILES string of the molecule is COc1cccc(C(=O)NCc2nc(-c3ccccc3F)no2)c1. The molecular formula is C17H14FN3O3. The van der Waals surface area contributed by atoms with Crippen molar-refractivity contribution in [2.24, 2.45) is 0 Å². The number of ether oxygens (including phenoxy) is 1. The summed E-state index contributed by atoms with van der Waals surface area (Å²) in [5.41, 5.74) is 0.690. The van der Waals surface area contributed by atoms with Crippen LogP contribution >= 0.6 is 0 Å². The van der Waals surface area contributed by atoms with Gasteiger partial charge in [-0.25, -0.2) is 4.39 Å². The van der Waals surface area contributed by atoms with Crippen molar-refractivity contribution >= 4 is 5.91 Å². The van der Waals surface area contributed by atoms with Crippen molar-refractivity contribution in [2.45, 2.75) is 6.54 Å². The predicted molar refractivity (Wildman–Crippen MR) is 83.9 cm³/mol. The van der Waals surface area contributed by atoms with Crippen molar-refractivity contribution in [2.75, 3.05) is 7.11 Å². The zero-order valence-corrected chi connectivity index (χ0v) is 12.8. The average molecular weight is 327 g/mol. The molecule has 0 saturated heterocycles. The van der Waals surface area contributed by atoms with Gasteiger partial charge in [0, 0.05) is 5.56 Å². The number of carbonyl (C=O) groups is 1. The maximum atomic E-state index is 13.7. The Hall–Kier alpha value is -3.22. The van der Waals surface area contributed by atoms with E-state index >= 15 is 0 Å². The van der Waals surface area contributed by atoms with Gasteiger partial charge in [0.2, 0.25) is 11.7 Å². The molecule has 24 heavy (non-hydrogen) atoms. The molecule has 1 heterocycles. The number of methoxy groups -OCH3 is 1. The van der Waals surface area contributed by atoms with Gasteiger partial charge in [-0.3, -0.25) is 4.79 Å². The maximum Gasteiger partial charge on any atom is 0.251 e. The molecular weight excluding hydrogens is 313 g/mol. The molecule has 6 nitrogen and oxygen atoms in total. The van der Waals surface area contributed by atoms with Crippen LogP contribution in [0.4, 0.5) is 4.39 Å². The zero-order valence-electron chi connectivity index (χ0n) is 12.8. The zero-order chi connectivity index (χ0) is 16.9. The lowest BCUT2D eigenvalue weighted by Crippen LogP contribution is -2.22. The molecule has 122 valence electrons. The summed E-state index contributed by atoms with van der Waals surface area (Å²) in [4.78, 5) is 16.2. The minimum atomic E-state index is -0.440. The first-order chi connectivity index (χ1) is 11.7. The molecule has 0 aliphatic heterocycles. The minimum Gasteiger partial charge on any atom is -0.497 e. The van der Waals surface area contributed by atoms with Gasteiger partial charge < -0.3 is 14.6 Å². The lowest BCUT2D eigenvalue weighted by Gasteiger charge is -2.04. The first kappa shape index (κ1) is 15.7. The summed E-state index contributed by atoms with van der Waals surface area (Å²) in [5.74, 6) is 0.162. The second kappa shape index (κ2) is 6.91. The van der Waals surface area contributed by atoms with E-state index in [0.29, 0.717) is 11.3 Å². The first-order valence-corrected chi connectivity index (χ1v) is 7.17. The van der Waals surface area contributed by atoms with Gasteiger partial charge in [0.1, 0.15) is 11.6 Å². The number of carbonyl (C=O) groups excluding carboxylic acids is 1. The molecule has 0 saturated carbocycles. The molecule has 7 heteroatoms. The summed E-state index contributed by atoms with van der Waals surface area (Å²) in [6.07, 6.45) is 0. The van der Waals surface area contributed by atoms with Crippen LogP contribution in [0, 0.1) is 5.82 Å². The van der Waals surface area contributed by atoms with E-state index < -0.39 is 5.82 Å². The highest BCUT2D eigenvalue weighted by atomic mass is 19.1. The second-order valence-corrected chi connectivity index (χ2v) is 4.91. The lowest BCUT2D eigenvalue weighted by molar-refractivity contribution is 0.0946. The molecule has 1 N–H and O–H groups in total. The monoisotopic (exact) mass is 327 g/mol. The molecule has 0 aliphatic carbocycles. The Morgan fingerprint density at radius 3 is 2.88 bits per heavy atom. The molecule has 0 bridgehead atoms. The van der Waals surface area contributed by atoms with Crippen LogP contribution in [-0.4, -0.2) is 23.2 Å². The quantitative estimate of drug-likeness (QED) is 0.780. The van der Waals surface area contributed by atoms with E-state index in [1.54, 1.807) is 42.5 Å². The second-order valence-electron chi connectivity index (χ2n) is 4.91. The van der Waals surface area contributed by atoms with Crippen LogP contribution in [0.3, 0.4) is 0 Å². The molecule has 1 amide bonds. The molecule has 1 aromatic heterocycles. The normalized spacial score (nSPS) is 10.4. The highest BCUT2D eigenvalue weighted by molar-refractivity contribution is 5.94. The molecule has 0 spiro atoms. The Morgan fingerprint density at radius 1 is 1.25 bits per heavy atom. The van der Waals surface area contributed by atoms with Crippen LogP contribution in [-0.2, 0) is 6.54 Å². The Bertz CT molecular complexity index is 864. The fourth-order valence-corrected chi connectivity index (χ4v) is 2.10. The number of nitrogens with zero attached hydrogens (tertiary/aromatic N) is 2. The van der Waals surface area contributed by atoms with Crippen molar-refractivity contribution in [3.63, 3.8) is 0 Å². The van der Waals surface area contributed by atoms with Crippen LogP contribution in [0.2, 0.25) is 0 Å². The van der Waals surface area contributed by atoms with Crippen LogP contribution in [0.1, 0.15) is 16.2 Å². The van der Waals surface area contributed by atoms with Crippen LogP contribution in [0.5, 0.6) is 5.75 Å². The average Bonchev–Trinajstić information content (AvgIpc) is 3.09. The summed E-state index contributed by atoms with van der Waals surface area (Å²) in [6.45, 7) is 0.0392. The summed E-state index contributed by atoms with van der Waals surface area (Å²) in [7, 11) is 1.53. The molecule has 0 fully saturated rings. The number of hydrogen-bond donors (Lipinski definition) is 1. The number of hydrogen-bond acceptors (Lipinski definition) is 5. The third-order valence-corrected chi connectivity index (χ3v) is 3.31. The fourth-order valence-electron chi connectivity index (χ4n) is 2.10. The summed E-state index contributed by atoms with van der Waals surface area (Å²) >= 11 is 0. The van der Waals surface area contributed by atoms with E-state index in [2.05, 4.69) is 15.5 Å². The Labute approximate surface area is 137 Å². The number of nitrogens with one attached hydrogen (secondary N) is 1. The topological polar surface area (TPSA) is 77.2 Å². The maximum absolute atomic E-state index is 13.7. The Kier molecular flexibility index (Phi) is 4.51. The number of benzene rings is 2. The molecule has 3 rings (SSSR count). The van der Waals surface area contributed by atoms with Crippen molar-refractivity contribution < 1.29 is 18.4 Å². The van der Waals surface area contributed by atoms with Gasteiger partial charge in [0.15, 0.2) is 0 Å². The highest BCUT2D eigenvalue weighted by Crippen LogP contribution is 2.19. The van der Waals surface area contributed by atoms with Gasteiger partial charge in [0.05, 0.1) is 19.2 Å². The molecule has 0 atom stereocenters. The van der Waals surface area contributed by atoms with E-state index in [0.717, 1.165) is 0 Å². The van der Waals surface area contributed by atoms with E-state index in [-0.39, 0.29) is 29.7 Å². The number of rotatable bonds is 5. The van der Waals surface area contributed by atoms with Gasteiger partial charge in [-0.15, -0.1) is 0 Å². The fraction of sp³-hybridized carbons (Fsp3) is 0.118. The van der Waals surface area contributed by atoms with Crippen LogP contribution < -0.4 is 10.1 Å². The van der Waals surface area contributed by atoms with Gasteiger partial charge in [-0.2, -0.15) is 4.98 Å². The first-order valence-electron chi connectivity index (χ1n) is 7.17. The van der Waals surface area contributed by atoms with Crippen molar-refractivity contribution in [3.05, 3.63) is 65.8 Å². The standard InChI is InChI=1S/C17H14FN3O3/c1-23-12-6-4-5-11(9-12)17(22)19-10-15-20-16(21-24-15)13-7-2-3-8-14(13)18/h2-9H,10H2,1H3,(H,19,22). The minimum absolute atomic E-state index is 0.0392. The Balaban J connectivity index is 1.67. The number of halogens is 1. The van der Waals surface area contributed by atoms with E-state index in [1.807, 2.05) is 0 Å². The van der Waals surface area contributed by atoms with Crippen LogP contribution in [0.15, 0.2) is 53.1 Å². The predicted octanol–water partition coefficient (Wildman–Crippen LogP) is 2.81. The summed E-state index contributed by atoms with van der Waals surface area (Å²) < 4.78 is 23.8. The lowest BCUT2D eigenvalue weighted by atomic mass is 10.2. The molecule has 2 aromatic carbocycles. The van der Waals surface area contributed by atoms with Gasteiger partial charge >= 0.3 is 0 Å². The third kappa shape index (κ3) is 3.40.